The van der Waals surface area contributed by atoms with E-state index in [0.717, 1.165) is 16.6 Å². The standard InChI is InChI=1S/C18H12N4O2/c1-10-15-16(14-3-2-8-24-14)13(9-19)17(20-18(15)22-21-10)11-4-6-12(23)7-5-11/h2-8,23H,1H3,(H,20,21,22). The summed E-state index contributed by atoms with van der Waals surface area (Å²) in [4.78, 5) is 4.55. The van der Waals surface area contributed by atoms with Crippen LogP contribution >= 0.6 is 0 Å². The molecule has 0 amide bonds. The molecule has 0 radical (unpaired) electrons. The first-order valence-electron chi connectivity index (χ1n) is 7.31. The van der Waals surface area contributed by atoms with Gasteiger partial charge in [0.1, 0.15) is 17.6 Å². The minimum atomic E-state index is 0.153. The lowest BCUT2D eigenvalue weighted by Crippen LogP contribution is -1.95. The predicted octanol–water partition coefficient (Wildman–Crippen LogP) is 3.77. The Kier molecular flexibility index (Phi) is 3.07. The highest BCUT2D eigenvalue weighted by Gasteiger charge is 2.22. The van der Waals surface area contributed by atoms with Crippen LogP contribution in [0.2, 0.25) is 0 Å². The van der Waals surface area contributed by atoms with Gasteiger partial charge in [-0.3, -0.25) is 5.10 Å². The van der Waals surface area contributed by atoms with E-state index in [-0.39, 0.29) is 5.75 Å². The number of aromatic hydroxyl groups is 1. The average molecular weight is 316 g/mol. The zero-order valence-electron chi connectivity index (χ0n) is 12.7. The van der Waals surface area contributed by atoms with Crippen LogP contribution in [-0.4, -0.2) is 20.3 Å². The Hall–Kier alpha value is -3.59. The molecular formula is C18H12N4O2. The summed E-state index contributed by atoms with van der Waals surface area (Å²) in [7, 11) is 0. The molecule has 0 fully saturated rings. The molecule has 0 aliphatic rings. The monoisotopic (exact) mass is 316 g/mol. The summed E-state index contributed by atoms with van der Waals surface area (Å²) in [5, 5.41) is 27.2. The number of aromatic amines is 1. The number of hydrogen-bond acceptors (Lipinski definition) is 5. The second kappa shape index (κ2) is 5.25. The molecule has 4 aromatic rings. The minimum Gasteiger partial charge on any atom is -0.508 e. The van der Waals surface area contributed by atoms with E-state index in [1.165, 1.54) is 0 Å². The Bertz CT molecular complexity index is 1070. The number of benzene rings is 1. The third-order valence-corrected chi connectivity index (χ3v) is 3.90. The van der Waals surface area contributed by atoms with Crippen molar-refractivity contribution in [2.24, 2.45) is 0 Å². The van der Waals surface area contributed by atoms with Crippen molar-refractivity contribution in [1.29, 1.82) is 5.26 Å². The van der Waals surface area contributed by atoms with Crippen molar-refractivity contribution in [2.75, 3.05) is 0 Å². The van der Waals surface area contributed by atoms with Crippen molar-refractivity contribution in [2.45, 2.75) is 6.92 Å². The van der Waals surface area contributed by atoms with Crippen molar-refractivity contribution in [3.05, 3.63) is 53.9 Å². The van der Waals surface area contributed by atoms with E-state index in [1.807, 2.05) is 13.0 Å². The molecule has 1 aromatic carbocycles. The molecule has 0 saturated carbocycles. The van der Waals surface area contributed by atoms with E-state index in [2.05, 4.69) is 21.3 Å². The van der Waals surface area contributed by atoms with E-state index >= 15 is 0 Å². The fourth-order valence-electron chi connectivity index (χ4n) is 2.81. The topological polar surface area (TPSA) is 98.7 Å². The fraction of sp³-hybridized carbons (Fsp3) is 0.0556. The van der Waals surface area contributed by atoms with Crippen LogP contribution in [0, 0.1) is 18.3 Å². The number of aromatic nitrogens is 3. The first-order valence-corrected chi connectivity index (χ1v) is 7.31. The number of hydrogen-bond donors (Lipinski definition) is 2. The normalized spacial score (nSPS) is 10.8. The van der Waals surface area contributed by atoms with Gasteiger partial charge in [0.2, 0.25) is 0 Å². The van der Waals surface area contributed by atoms with Gasteiger partial charge in [0.25, 0.3) is 0 Å². The number of fused-ring (bicyclic) bond motifs is 1. The summed E-state index contributed by atoms with van der Waals surface area (Å²) in [5.74, 6) is 0.740. The van der Waals surface area contributed by atoms with Gasteiger partial charge < -0.3 is 9.52 Å². The van der Waals surface area contributed by atoms with E-state index < -0.39 is 0 Å². The maximum atomic E-state index is 9.79. The average Bonchev–Trinajstić information content (AvgIpc) is 3.24. The predicted molar refractivity (Wildman–Crippen MR) is 88.1 cm³/mol. The molecule has 0 aliphatic heterocycles. The van der Waals surface area contributed by atoms with Gasteiger partial charge in [0, 0.05) is 11.3 Å². The second-order valence-electron chi connectivity index (χ2n) is 5.39. The summed E-state index contributed by atoms with van der Waals surface area (Å²) >= 11 is 0. The Morgan fingerprint density at radius 1 is 1.21 bits per heavy atom. The van der Waals surface area contributed by atoms with Crippen molar-refractivity contribution in [1.82, 2.24) is 15.2 Å². The van der Waals surface area contributed by atoms with Crippen LogP contribution in [0.1, 0.15) is 11.3 Å². The van der Waals surface area contributed by atoms with E-state index in [1.54, 1.807) is 36.6 Å². The molecule has 0 bridgehead atoms. The Morgan fingerprint density at radius 3 is 2.67 bits per heavy atom. The molecule has 4 rings (SSSR count). The van der Waals surface area contributed by atoms with Crippen molar-refractivity contribution in [3.8, 4) is 34.4 Å². The van der Waals surface area contributed by atoms with Gasteiger partial charge in [-0.15, -0.1) is 0 Å². The quantitative estimate of drug-likeness (QED) is 0.586. The van der Waals surface area contributed by atoms with Crippen LogP contribution in [0.5, 0.6) is 5.75 Å². The fourth-order valence-corrected chi connectivity index (χ4v) is 2.81. The highest BCUT2D eigenvalue weighted by molar-refractivity contribution is 5.99. The van der Waals surface area contributed by atoms with Crippen molar-refractivity contribution in [3.63, 3.8) is 0 Å². The Morgan fingerprint density at radius 2 is 2.00 bits per heavy atom. The van der Waals surface area contributed by atoms with Crippen LogP contribution in [0.3, 0.4) is 0 Å². The lowest BCUT2D eigenvalue weighted by atomic mass is 9.97. The van der Waals surface area contributed by atoms with E-state index in [9.17, 15) is 10.4 Å². The van der Waals surface area contributed by atoms with Crippen LogP contribution in [0.4, 0.5) is 0 Å². The maximum absolute atomic E-state index is 9.79. The smallest absolute Gasteiger partial charge is 0.182 e. The number of rotatable bonds is 2. The number of pyridine rings is 1. The Labute approximate surface area is 137 Å². The molecule has 24 heavy (non-hydrogen) atoms. The first kappa shape index (κ1) is 14.0. The first-order chi connectivity index (χ1) is 11.7. The minimum absolute atomic E-state index is 0.153. The number of nitrogens with zero attached hydrogens (tertiary/aromatic N) is 3. The summed E-state index contributed by atoms with van der Waals surface area (Å²) in [6, 6.07) is 12.4. The molecule has 0 aliphatic carbocycles. The highest BCUT2D eigenvalue weighted by atomic mass is 16.3. The van der Waals surface area contributed by atoms with Crippen molar-refractivity contribution < 1.29 is 9.52 Å². The molecule has 0 spiro atoms. The number of phenols is 1. The van der Waals surface area contributed by atoms with Gasteiger partial charge in [-0.25, -0.2) is 4.98 Å². The SMILES string of the molecule is Cc1[nH]nc2nc(-c3ccc(O)cc3)c(C#N)c(-c3ccco3)c12. The molecule has 0 unspecified atom stereocenters. The zero-order valence-corrected chi connectivity index (χ0v) is 12.7. The molecule has 3 aromatic heterocycles. The molecule has 2 N–H and O–H groups in total. The lowest BCUT2D eigenvalue weighted by Gasteiger charge is -2.09. The molecule has 0 saturated heterocycles. The number of phenolic OH excluding ortho intramolecular Hbond substituents is 1. The van der Waals surface area contributed by atoms with Gasteiger partial charge >= 0.3 is 0 Å². The van der Waals surface area contributed by atoms with Gasteiger partial charge in [-0.2, -0.15) is 10.4 Å². The zero-order chi connectivity index (χ0) is 16.7. The number of furan rings is 1. The third-order valence-electron chi connectivity index (χ3n) is 3.90. The van der Waals surface area contributed by atoms with Crippen LogP contribution < -0.4 is 0 Å². The molecule has 6 heteroatoms. The van der Waals surface area contributed by atoms with E-state index in [4.69, 9.17) is 4.42 Å². The summed E-state index contributed by atoms with van der Waals surface area (Å²) < 4.78 is 5.54. The van der Waals surface area contributed by atoms with Gasteiger partial charge in [0.05, 0.1) is 28.5 Å². The molecule has 116 valence electrons. The van der Waals surface area contributed by atoms with Crippen LogP contribution in [-0.2, 0) is 0 Å². The molecule has 0 atom stereocenters. The molecular weight excluding hydrogens is 304 g/mol. The Balaban J connectivity index is 2.13. The van der Waals surface area contributed by atoms with Gasteiger partial charge in [0.15, 0.2) is 5.65 Å². The number of nitrogens with one attached hydrogen (secondary N) is 1. The lowest BCUT2D eigenvalue weighted by molar-refractivity contribution is 0.475. The summed E-state index contributed by atoms with van der Waals surface area (Å²) in [6.45, 7) is 1.88. The summed E-state index contributed by atoms with van der Waals surface area (Å²) in [6.07, 6.45) is 1.57. The molecule has 3 heterocycles. The molecule has 6 nitrogen and oxygen atoms in total. The number of nitriles is 1. The largest absolute Gasteiger partial charge is 0.508 e. The van der Waals surface area contributed by atoms with Gasteiger partial charge in [-0.1, -0.05) is 0 Å². The highest BCUT2D eigenvalue weighted by Crippen LogP contribution is 2.37. The number of aryl methyl sites for hydroxylation is 1. The van der Waals surface area contributed by atoms with Crippen LogP contribution in [0.25, 0.3) is 33.6 Å². The third kappa shape index (κ3) is 2.03. The van der Waals surface area contributed by atoms with Crippen LogP contribution in [0.15, 0.2) is 47.1 Å². The second-order valence-corrected chi connectivity index (χ2v) is 5.39. The van der Waals surface area contributed by atoms with Gasteiger partial charge in [-0.05, 0) is 43.3 Å². The van der Waals surface area contributed by atoms with E-state index in [0.29, 0.717) is 28.2 Å². The summed E-state index contributed by atoms with van der Waals surface area (Å²) in [5.41, 5.74) is 3.63. The maximum Gasteiger partial charge on any atom is 0.182 e. The number of H-pyrrole nitrogens is 1. The van der Waals surface area contributed by atoms with Crippen molar-refractivity contribution >= 4 is 11.0 Å².